The molecule has 32 heavy (non-hydrogen) atoms. The van der Waals surface area contributed by atoms with Gasteiger partial charge in [0.2, 0.25) is 0 Å². The van der Waals surface area contributed by atoms with Gasteiger partial charge >= 0.3 is 5.63 Å². The highest BCUT2D eigenvalue weighted by Gasteiger charge is 2.24. The first-order valence-electron chi connectivity index (χ1n) is 10.6. The zero-order valence-electron chi connectivity index (χ0n) is 18.7. The van der Waals surface area contributed by atoms with Crippen molar-refractivity contribution < 1.29 is 13.9 Å². The normalized spacial score (nSPS) is 13.1. The van der Waals surface area contributed by atoms with Gasteiger partial charge in [0.1, 0.15) is 17.1 Å². The van der Waals surface area contributed by atoms with Gasteiger partial charge in [-0.2, -0.15) is 0 Å². The first-order chi connectivity index (χ1) is 15.5. The Bertz CT molecular complexity index is 1390. The summed E-state index contributed by atoms with van der Waals surface area (Å²) in [7, 11) is 1.64. The molecule has 1 aliphatic rings. The number of anilines is 1. The van der Waals surface area contributed by atoms with Gasteiger partial charge < -0.3 is 18.8 Å². The van der Waals surface area contributed by atoms with E-state index in [1.807, 2.05) is 31.2 Å². The van der Waals surface area contributed by atoms with Gasteiger partial charge in [0, 0.05) is 34.8 Å². The number of ether oxygens (including phenoxy) is 2. The van der Waals surface area contributed by atoms with Crippen LogP contribution in [0.3, 0.4) is 0 Å². The number of fused-ring (bicyclic) bond motifs is 2. The molecule has 0 spiro atoms. The highest BCUT2D eigenvalue weighted by Crippen LogP contribution is 2.39. The van der Waals surface area contributed by atoms with E-state index < -0.39 is 0 Å². The van der Waals surface area contributed by atoms with Crippen molar-refractivity contribution in [2.24, 2.45) is 0 Å². The van der Waals surface area contributed by atoms with Crippen molar-refractivity contribution in [3.05, 3.63) is 87.3 Å². The van der Waals surface area contributed by atoms with E-state index in [0.717, 1.165) is 45.7 Å². The smallest absolute Gasteiger partial charge is 0.336 e. The third-order valence-electron chi connectivity index (χ3n) is 6.33. The first-order valence-corrected chi connectivity index (χ1v) is 10.6. The van der Waals surface area contributed by atoms with Crippen molar-refractivity contribution in [1.82, 2.24) is 0 Å². The van der Waals surface area contributed by atoms with Crippen LogP contribution in [0.25, 0.3) is 22.1 Å². The molecule has 5 heteroatoms. The second kappa shape index (κ2) is 7.75. The van der Waals surface area contributed by atoms with Crippen LogP contribution in [-0.4, -0.2) is 13.8 Å². The van der Waals surface area contributed by atoms with Gasteiger partial charge in [-0.05, 0) is 67.3 Å². The lowest BCUT2D eigenvalue weighted by Gasteiger charge is -2.33. The lowest BCUT2D eigenvalue weighted by atomic mass is 9.96. The highest BCUT2D eigenvalue weighted by molar-refractivity contribution is 5.96. The van der Waals surface area contributed by atoms with Crippen LogP contribution in [-0.2, 0) is 6.54 Å². The maximum absolute atomic E-state index is 12.4. The third-order valence-corrected chi connectivity index (χ3v) is 6.33. The van der Waals surface area contributed by atoms with E-state index in [9.17, 15) is 4.79 Å². The molecule has 0 bridgehead atoms. The van der Waals surface area contributed by atoms with Crippen LogP contribution in [0.4, 0.5) is 5.69 Å². The van der Waals surface area contributed by atoms with Gasteiger partial charge in [0.25, 0.3) is 0 Å². The Morgan fingerprint density at radius 2 is 1.75 bits per heavy atom. The number of aryl methyl sites for hydroxylation is 2. The zero-order chi connectivity index (χ0) is 22.4. The van der Waals surface area contributed by atoms with E-state index in [4.69, 9.17) is 13.9 Å². The minimum absolute atomic E-state index is 0.376. The Morgan fingerprint density at radius 3 is 2.50 bits per heavy atom. The average molecular weight is 428 g/mol. The zero-order valence-corrected chi connectivity index (χ0v) is 18.7. The lowest BCUT2D eigenvalue weighted by molar-refractivity contribution is 0.287. The Hall–Kier alpha value is -3.73. The van der Waals surface area contributed by atoms with Gasteiger partial charge in [0.05, 0.1) is 7.11 Å². The molecule has 162 valence electrons. The molecule has 3 aromatic carbocycles. The topological polar surface area (TPSA) is 51.9 Å². The SMILES string of the molecule is COc1ccc(-c2cc(=O)oc3c(C)c4c(cc23)CN(c2cccc(C)c2C)CO4)cc1. The molecule has 2 heterocycles. The number of benzene rings is 3. The van der Waals surface area contributed by atoms with E-state index in [1.165, 1.54) is 16.8 Å². The molecule has 0 saturated carbocycles. The van der Waals surface area contributed by atoms with Crippen LogP contribution >= 0.6 is 0 Å². The van der Waals surface area contributed by atoms with Gasteiger partial charge in [-0.3, -0.25) is 0 Å². The van der Waals surface area contributed by atoms with Crippen LogP contribution in [0.5, 0.6) is 11.5 Å². The Morgan fingerprint density at radius 1 is 0.969 bits per heavy atom. The maximum Gasteiger partial charge on any atom is 0.336 e. The molecule has 0 N–H and O–H groups in total. The number of rotatable bonds is 3. The van der Waals surface area contributed by atoms with Crippen LogP contribution in [0.1, 0.15) is 22.3 Å². The van der Waals surface area contributed by atoms with Gasteiger partial charge in [-0.25, -0.2) is 4.79 Å². The molecular weight excluding hydrogens is 402 g/mol. The molecular formula is C27H25NO4. The summed E-state index contributed by atoms with van der Waals surface area (Å²) in [6.45, 7) is 7.39. The van der Waals surface area contributed by atoms with E-state index >= 15 is 0 Å². The van der Waals surface area contributed by atoms with Crippen molar-refractivity contribution in [3.63, 3.8) is 0 Å². The molecule has 0 radical (unpaired) electrons. The van der Waals surface area contributed by atoms with Crippen molar-refractivity contribution in [3.8, 4) is 22.6 Å². The lowest BCUT2D eigenvalue weighted by Crippen LogP contribution is -2.32. The molecule has 0 saturated heterocycles. The molecule has 0 unspecified atom stereocenters. The number of hydrogen-bond donors (Lipinski definition) is 0. The Balaban J connectivity index is 1.65. The Labute approximate surface area is 186 Å². The van der Waals surface area contributed by atoms with Crippen molar-refractivity contribution in [2.75, 3.05) is 18.7 Å². The second-order valence-corrected chi connectivity index (χ2v) is 8.26. The first kappa shape index (κ1) is 20.2. The summed E-state index contributed by atoms with van der Waals surface area (Å²) in [6, 6.07) is 17.7. The van der Waals surface area contributed by atoms with Crippen LogP contribution in [0.15, 0.2) is 63.8 Å². The molecule has 0 aliphatic carbocycles. The molecule has 4 aromatic rings. The highest BCUT2D eigenvalue weighted by atomic mass is 16.5. The minimum Gasteiger partial charge on any atom is -0.497 e. The molecule has 5 nitrogen and oxygen atoms in total. The largest absolute Gasteiger partial charge is 0.497 e. The summed E-state index contributed by atoms with van der Waals surface area (Å²) in [6.07, 6.45) is 0. The second-order valence-electron chi connectivity index (χ2n) is 8.26. The molecule has 0 fully saturated rings. The maximum atomic E-state index is 12.4. The predicted octanol–water partition coefficient (Wildman–Crippen LogP) is 5.75. The van der Waals surface area contributed by atoms with Crippen molar-refractivity contribution >= 4 is 16.7 Å². The van der Waals surface area contributed by atoms with Gasteiger partial charge in [-0.15, -0.1) is 0 Å². The fourth-order valence-electron chi connectivity index (χ4n) is 4.46. The van der Waals surface area contributed by atoms with Gasteiger partial charge in [0.15, 0.2) is 6.73 Å². The van der Waals surface area contributed by atoms with Crippen molar-refractivity contribution in [1.29, 1.82) is 0 Å². The summed E-state index contributed by atoms with van der Waals surface area (Å²) in [5.74, 6) is 1.57. The monoisotopic (exact) mass is 427 g/mol. The molecule has 5 rings (SSSR count). The standard InChI is InChI=1S/C27H25NO4/c1-16-6-5-7-24(17(16)2)28-14-20-12-23-22(19-8-10-21(30-4)11-9-19)13-25(29)32-27(23)18(3)26(20)31-15-28/h5-13H,14-15H2,1-4H3. The fraction of sp³-hybridized carbons (Fsp3) is 0.222. The molecule has 0 atom stereocenters. The number of methoxy groups -OCH3 is 1. The quantitative estimate of drug-likeness (QED) is 0.390. The Kier molecular flexibility index (Phi) is 4.89. The summed E-state index contributed by atoms with van der Waals surface area (Å²) >= 11 is 0. The molecule has 1 aromatic heterocycles. The fourth-order valence-corrected chi connectivity index (χ4v) is 4.46. The van der Waals surface area contributed by atoms with Crippen LogP contribution in [0, 0.1) is 20.8 Å². The predicted molar refractivity (Wildman–Crippen MR) is 127 cm³/mol. The summed E-state index contributed by atoms with van der Waals surface area (Å²) in [4.78, 5) is 14.6. The summed E-state index contributed by atoms with van der Waals surface area (Å²) in [5, 5.41) is 0.900. The van der Waals surface area contributed by atoms with E-state index in [2.05, 4.69) is 43.0 Å². The van der Waals surface area contributed by atoms with E-state index in [-0.39, 0.29) is 5.63 Å². The third kappa shape index (κ3) is 3.30. The summed E-state index contributed by atoms with van der Waals surface area (Å²) < 4.78 is 17.1. The van der Waals surface area contributed by atoms with E-state index in [1.54, 1.807) is 13.2 Å². The van der Waals surface area contributed by atoms with Crippen LogP contribution < -0.4 is 20.0 Å². The minimum atomic E-state index is -0.376. The van der Waals surface area contributed by atoms with Crippen LogP contribution in [0.2, 0.25) is 0 Å². The van der Waals surface area contributed by atoms with Crippen molar-refractivity contribution in [2.45, 2.75) is 27.3 Å². The average Bonchev–Trinajstić information content (AvgIpc) is 2.81. The number of hydrogen-bond acceptors (Lipinski definition) is 5. The summed E-state index contributed by atoms with van der Waals surface area (Å²) in [5.41, 5.74) is 7.58. The molecule has 1 aliphatic heterocycles. The van der Waals surface area contributed by atoms with Gasteiger partial charge in [-0.1, -0.05) is 24.3 Å². The number of nitrogens with zero attached hydrogens (tertiary/aromatic N) is 1. The molecule has 0 amide bonds. The van der Waals surface area contributed by atoms with E-state index in [0.29, 0.717) is 12.3 Å².